The van der Waals surface area contributed by atoms with Crippen molar-refractivity contribution in [1.82, 2.24) is 0 Å². The van der Waals surface area contributed by atoms with E-state index in [2.05, 4.69) is 25.2 Å². The second kappa shape index (κ2) is 18.5. The molecule has 0 aromatic rings. The van der Waals surface area contributed by atoms with Gasteiger partial charge in [-0.2, -0.15) is 0 Å². The number of hydrogen-bond acceptors (Lipinski definition) is 5. The number of aliphatic hydroxyl groups excluding tert-OH is 1. The molecule has 0 heterocycles. The van der Waals surface area contributed by atoms with Crippen LogP contribution in [0.3, 0.4) is 0 Å². The van der Waals surface area contributed by atoms with Crippen LogP contribution in [0.25, 0.3) is 0 Å². The first kappa shape index (κ1) is 29.2. The van der Waals surface area contributed by atoms with E-state index in [1.165, 1.54) is 46.0 Å². The van der Waals surface area contributed by atoms with E-state index in [1.54, 1.807) is 0 Å². The van der Waals surface area contributed by atoms with Crippen LogP contribution in [-0.4, -0.2) is 35.9 Å². The van der Waals surface area contributed by atoms with Gasteiger partial charge in [-0.1, -0.05) is 69.4 Å². The number of carbonyl (C=O) groups is 2. The molecular weight excluding hydrogens is 416 g/mol. The van der Waals surface area contributed by atoms with E-state index in [9.17, 15) is 9.59 Å². The van der Waals surface area contributed by atoms with Crippen molar-refractivity contribution in [3.63, 3.8) is 0 Å². The highest BCUT2D eigenvalue weighted by atomic mass is 16.5. The molecule has 0 aromatic carbocycles. The molecule has 1 aliphatic rings. The number of ether oxygens (including phenoxy) is 2. The van der Waals surface area contributed by atoms with Crippen molar-refractivity contribution >= 4 is 11.9 Å². The van der Waals surface area contributed by atoms with Crippen LogP contribution in [0.1, 0.15) is 97.8 Å². The lowest BCUT2D eigenvalue weighted by atomic mass is 9.78. The van der Waals surface area contributed by atoms with Crippen molar-refractivity contribution in [2.45, 2.75) is 110 Å². The highest BCUT2D eigenvalue weighted by Gasteiger charge is 2.30. The monoisotopic (exact) mass is 462 g/mol. The zero-order valence-corrected chi connectivity index (χ0v) is 21.0. The molecule has 5 heteroatoms. The zero-order chi connectivity index (χ0) is 24.3. The largest absolute Gasteiger partial charge is 0.462 e. The fourth-order valence-corrected chi connectivity index (χ4v) is 4.46. The van der Waals surface area contributed by atoms with E-state index in [4.69, 9.17) is 14.6 Å². The maximum atomic E-state index is 11.7. The average molecular weight is 463 g/mol. The summed E-state index contributed by atoms with van der Waals surface area (Å²) in [5, 5.41) is 9.10. The Morgan fingerprint density at radius 2 is 1.58 bits per heavy atom. The summed E-state index contributed by atoms with van der Waals surface area (Å²) in [6.45, 7) is 5.30. The van der Waals surface area contributed by atoms with Crippen molar-refractivity contribution in [3.05, 3.63) is 36.5 Å². The number of hydrogen-bond donors (Lipinski definition) is 1. The molecule has 1 rings (SSSR count). The van der Waals surface area contributed by atoms with E-state index in [0.29, 0.717) is 0 Å². The molecule has 0 amide bonds. The Hall–Kier alpha value is -1.88. The van der Waals surface area contributed by atoms with Crippen LogP contribution in [-0.2, 0) is 19.1 Å². The first-order chi connectivity index (χ1) is 16.0. The molecule has 5 nitrogen and oxygen atoms in total. The molecule has 2 unspecified atom stereocenters. The number of esters is 2. The van der Waals surface area contributed by atoms with Crippen LogP contribution in [0.4, 0.5) is 0 Å². The Labute approximate surface area is 201 Å². The summed E-state index contributed by atoms with van der Waals surface area (Å²) in [6.07, 6.45) is 24.5. The van der Waals surface area contributed by atoms with Crippen LogP contribution >= 0.6 is 0 Å². The van der Waals surface area contributed by atoms with Gasteiger partial charge >= 0.3 is 11.9 Å². The lowest BCUT2D eigenvalue weighted by Gasteiger charge is -2.33. The predicted molar refractivity (Wildman–Crippen MR) is 134 cm³/mol. The van der Waals surface area contributed by atoms with Gasteiger partial charge in [0.2, 0.25) is 0 Å². The maximum Gasteiger partial charge on any atom is 0.303 e. The molecule has 188 valence electrons. The quantitative estimate of drug-likeness (QED) is 0.116. The fraction of sp³-hybridized carbons (Fsp3) is 0.714. The van der Waals surface area contributed by atoms with Gasteiger partial charge in [0.25, 0.3) is 0 Å². The molecule has 0 spiro atoms. The summed E-state index contributed by atoms with van der Waals surface area (Å²) in [5.74, 6) is 0.0165. The molecule has 0 aromatic heterocycles. The standard InChI is InChI=1S/C28H46O5/c1-4-5-6-7-8-9-18-26(32-23(2)30)19-12-10-16-25-17-11-13-20-27(25)28(33-24(3)31)21-14-15-22-29/h10-13,16,19,25-29H,4-9,14-15,17-18,20-22H2,1-3H3/t25-,26?,27+,28?/m0/s1. The van der Waals surface area contributed by atoms with Gasteiger partial charge in [-0.25, -0.2) is 0 Å². The first-order valence-corrected chi connectivity index (χ1v) is 12.9. The van der Waals surface area contributed by atoms with Gasteiger partial charge in [-0.05, 0) is 56.9 Å². The molecule has 0 radical (unpaired) electrons. The van der Waals surface area contributed by atoms with E-state index < -0.39 is 0 Å². The van der Waals surface area contributed by atoms with Crippen LogP contribution in [0.5, 0.6) is 0 Å². The minimum atomic E-state index is -0.250. The molecule has 1 aliphatic carbocycles. The SMILES string of the molecule is CCCCCCCCC(C=CC=C[C@H]1CC=CC[C@H]1C(CCCCO)OC(C)=O)OC(C)=O. The Kier molecular flexibility index (Phi) is 16.4. The lowest BCUT2D eigenvalue weighted by molar-refractivity contribution is -0.150. The minimum absolute atomic E-state index is 0.140. The molecule has 0 bridgehead atoms. The van der Waals surface area contributed by atoms with Crippen LogP contribution in [0.15, 0.2) is 36.5 Å². The minimum Gasteiger partial charge on any atom is -0.462 e. The van der Waals surface area contributed by atoms with Crippen molar-refractivity contribution in [1.29, 1.82) is 0 Å². The van der Waals surface area contributed by atoms with Gasteiger partial charge in [0, 0.05) is 26.4 Å². The van der Waals surface area contributed by atoms with Gasteiger partial charge in [0.05, 0.1) is 0 Å². The normalized spacial score (nSPS) is 20.2. The van der Waals surface area contributed by atoms with Gasteiger partial charge in [0.15, 0.2) is 0 Å². The van der Waals surface area contributed by atoms with E-state index in [0.717, 1.165) is 44.9 Å². The zero-order valence-electron chi connectivity index (χ0n) is 21.0. The van der Waals surface area contributed by atoms with Gasteiger partial charge in [-0.15, -0.1) is 0 Å². The van der Waals surface area contributed by atoms with Crippen molar-refractivity contribution in [2.75, 3.05) is 6.61 Å². The number of aliphatic hydroxyl groups is 1. The summed E-state index contributed by atoms with van der Waals surface area (Å²) >= 11 is 0. The van der Waals surface area contributed by atoms with Crippen molar-refractivity contribution in [2.24, 2.45) is 11.8 Å². The van der Waals surface area contributed by atoms with Gasteiger partial charge in [-0.3, -0.25) is 9.59 Å². The Bertz CT molecular complexity index is 622. The Balaban J connectivity index is 2.67. The Morgan fingerprint density at radius 1 is 0.909 bits per heavy atom. The van der Waals surface area contributed by atoms with Crippen LogP contribution in [0.2, 0.25) is 0 Å². The van der Waals surface area contributed by atoms with Crippen molar-refractivity contribution in [3.8, 4) is 0 Å². The third-order valence-electron chi connectivity index (χ3n) is 6.18. The highest BCUT2D eigenvalue weighted by molar-refractivity contribution is 5.66. The molecule has 0 fully saturated rings. The second-order valence-electron chi connectivity index (χ2n) is 9.11. The van der Waals surface area contributed by atoms with E-state index >= 15 is 0 Å². The third kappa shape index (κ3) is 14.1. The highest BCUT2D eigenvalue weighted by Crippen LogP contribution is 2.33. The van der Waals surface area contributed by atoms with E-state index in [1.807, 2.05) is 18.2 Å². The molecule has 33 heavy (non-hydrogen) atoms. The summed E-state index contributed by atoms with van der Waals surface area (Å²) in [5.41, 5.74) is 0. The molecule has 0 saturated heterocycles. The summed E-state index contributed by atoms with van der Waals surface area (Å²) in [6, 6.07) is 0. The molecule has 4 atom stereocenters. The molecule has 1 N–H and O–H groups in total. The average Bonchev–Trinajstić information content (AvgIpc) is 2.78. The first-order valence-electron chi connectivity index (χ1n) is 12.9. The predicted octanol–water partition coefficient (Wildman–Crippen LogP) is 6.46. The number of carbonyl (C=O) groups excluding carboxylic acids is 2. The fourth-order valence-electron chi connectivity index (χ4n) is 4.46. The molecule has 0 aliphatic heterocycles. The number of unbranched alkanes of at least 4 members (excludes halogenated alkanes) is 6. The van der Waals surface area contributed by atoms with Crippen molar-refractivity contribution < 1.29 is 24.2 Å². The third-order valence-corrected chi connectivity index (χ3v) is 6.18. The van der Waals surface area contributed by atoms with Crippen LogP contribution < -0.4 is 0 Å². The lowest BCUT2D eigenvalue weighted by Crippen LogP contribution is -2.32. The topological polar surface area (TPSA) is 72.8 Å². The second-order valence-corrected chi connectivity index (χ2v) is 9.11. The Morgan fingerprint density at radius 3 is 2.27 bits per heavy atom. The summed E-state index contributed by atoms with van der Waals surface area (Å²) < 4.78 is 11.1. The van der Waals surface area contributed by atoms with Gasteiger partial charge < -0.3 is 14.6 Å². The number of allylic oxidation sites excluding steroid dienone is 5. The number of rotatable bonds is 17. The van der Waals surface area contributed by atoms with E-state index in [-0.39, 0.29) is 42.6 Å². The van der Waals surface area contributed by atoms with Crippen LogP contribution in [0, 0.1) is 11.8 Å². The molecule has 0 saturated carbocycles. The summed E-state index contributed by atoms with van der Waals surface area (Å²) in [4.78, 5) is 23.1. The molecular formula is C28H46O5. The maximum absolute atomic E-state index is 11.7. The smallest absolute Gasteiger partial charge is 0.303 e. The summed E-state index contributed by atoms with van der Waals surface area (Å²) in [7, 11) is 0. The van der Waals surface area contributed by atoms with Gasteiger partial charge in [0.1, 0.15) is 12.2 Å².